The number of aromatic nitrogens is 2. The monoisotopic (exact) mass is 434 g/mol. The van der Waals surface area contributed by atoms with Crippen LogP contribution in [0, 0.1) is 6.92 Å². The molecule has 0 aliphatic heterocycles. The van der Waals surface area contributed by atoms with Gasteiger partial charge in [0.05, 0.1) is 5.56 Å². The molecule has 2 aromatic heterocycles. The van der Waals surface area contributed by atoms with Gasteiger partial charge in [0.1, 0.15) is 11.5 Å². The largest absolute Gasteiger partial charge is 0.350 e. The van der Waals surface area contributed by atoms with Gasteiger partial charge in [0.2, 0.25) is 0 Å². The third kappa shape index (κ3) is 5.36. The van der Waals surface area contributed by atoms with Gasteiger partial charge in [-0.3, -0.25) is 9.59 Å². The van der Waals surface area contributed by atoms with E-state index in [9.17, 15) is 9.59 Å². The number of nitrogens with zero attached hydrogens (tertiary/aromatic N) is 2. The number of hydrogen-bond donors (Lipinski definition) is 2. The molecule has 6 nitrogen and oxygen atoms in total. The highest BCUT2D eigenvalue weighted by Crippen LogP contribution is 2.28. The molecule has 2 N–H and O–H groups in total. The van der Waals surface area contributed by atoms with Crippen molar-refractivity contribution < 1.29 is 9.59 Å². The number of anilines is 1. The Morgan fingerprint density at radius 3 is 2.38 bits per heavy atom. The van der Waals surface area contributed by atoms with Crippen LogP contribution in [0.15, 0.2) is 42.6 Å². The van der Waals surface area contributed by atoms with Crippen LogP contribution < -0.4 is 10.6 Å². The molecule has 0 aliphatic carbocycles. The molecule has 0 fully saturated rings. The quantitative estimate of drug-likeness (QED) is 0.504. The second-order valence-corrected chi connectivity index (χ2v) is 9.49. The van der Waals surface area contributed by atoms with Crippen LogP contribution in [0.3, 0.4) is 0 Å². The molecular weight excluding hydrogens is 400 g/mol. The van der Waals surface area contributed by atoms with Crippen molar-refractivity contribution in [3.8, 4) is 0 Å². The van der Waals surface area contributed by atoms with Gasteiger partial charge in [-0.15, -0.1) is 0 Å². The summed E-state index contributed by atoms with van der Waals surface area (Å²) in [6.45, 7) is 12.4. The van der Waals surface area contributed by atoms with E-state index < -0.39 is 0 Å². The number of hydrogen-bond acceptors (Lipinski definition) is 3. The average molecular weight is 435 g/mol. The van der Waals surface area contributed by atoms with E-state index in [-0.39, 0.29) is 23.4 Å². The Hall–Kier alpha value is -3.15. The van der Waals surface area contributed by atoms with Gasteiger partial charge in [-0.05, 0) is 65.3 Å². The lowest BCUT2D eigenvalue weighted by Crippen LogP contribution is -2.32. The number of benzene rings is 1. The molecule has 1 atom stereocenters. The lowest BCUT2D eigenvalue weighted by Gasteiger charge is -2.22. The van der Waals surface area contributed by atoms with Crippen molar-refractivity contribution in [2.24, 2.45) is 0 Å². The van der Waals surface area contributed by atoms with Gasteiger partial charge in [0.25, 0.3) is 11.8 Å². The zero-order chi connectivity index (χ0) is 23.5. The molecule has 3 aromatic rings. The highest BCUT2D eigenvalue weighted by molar-refractivity contribution is 6.08. The van der Waals surface area contributed by atoms with Crippen LogP contribution in [0.25, 0.3) is 11.0 Å². The van der Waals surface area contributed by atoms with Gasteiger partial charge >= 0.3 is 0 Å². The van der Waals surface area contributed by atoms with Crippen molar-refractivity contribution in [3.05, 3.63) is 59.3 Å². The lowest BCUT2D eigenvalue weighted by molar-refractivity contribution is 0.0938. The van der Waals surface area contributed by atoms with Gasteiger partial charge in [0, 0.05) is 28.7 Å². The minimum atomic E-state index is -0.281. The summed E-state index contributed by atoms with van der Waals surface area (Å²) in [5, 5.41) is 6.76. The molecule has 2 amide bonds. The Morgan fingerprint density at radius 2 is 1.75 bits per heavy atom. The third-order valence-electron chi connectivity index (χ3n) is 5.54. The van der Waals surface area contributed by atoms with Crippen LogP contribution in [0.2, 0.25) is 0 Å². The molecule has 0 unspecified atom stereocenters. The zero-order valence-electron chi connectivity index (χ0n) is 20.0. The number of carbonyl (C=O) groups excluding carboxylic acids is 2. The maximum atomic E-state index is 13.0. The summed E-state index contributed by atoms with van der Waals surface area (Å²) in [5.74, 6) is 0.142. The lowest BCUT2D eigenvalue weighted by atomic mass is 10.1. The maximum Gasteiger partial charge on any atom is 0.256 e. The normalized spacial score (nSPS) is 12.6. The minimum Gasteiger partial charge on any atom is -0.350 e. The van der Waals surface area contributed by atoms with E-state index in [0.29, 0.717) is 22.6 Å². The Morgan fingerprint density at radius 1 is 1.06 bits per heavy atom. The van der Waals surface area contributed by atoms with Crippen molar-refractivity contribution in [1.29, 1.82) is 0 Å². The molecule has 1 aromatic carbocycles. The fourth-order valence-electron chi connectivity index (χ4n) is 3.64. The molecule has 0 radical (unpaired) electrons. The molecule has 0 bridgehead atoms. The number of carbonyl (C=O) groups is 2. The van der Waals surface area contributed by atoms with Crippen LogP contribution in [-0.2, 0) is 5.54 Å². The van der Waals surface area contributed by atoms with Gasteiger partial charge in [0.15, 0.2) is 0 Å². The van der Waals surface area contributed by atoms with Crippen LogP contribution in [-0.4, -0.2) is 27.4 Å². The topological polar surface area (TPSA) is 76.0 Å². The summed E-state index contributed by atoms with van der Waals surface area (Å²) in [6.07, 6.45) is 5.00. The summed E-state index contributed by atoms with van der Waals surface area (Å²) < 4.78 is 2.00. The van der Waals surface area contributed by atoms with Crippen molar-refractivity contribution in [2.45, 2.75) is 72.4 Å². The Balaban J connectivity index is 1.92. The predicted molar refractivity (Wildman–Crippen MR) is 130 cm³/mol. The summed E-state index contributed by atoms with van der Waals surface area (Å²) in [5.41, 5.74) is 2.66. The molecule has 0 saturated heterocycles. The molecule has 3 rings (SSSR count). The Bertz CT molecular complexity index is 1110. The first kappa shape index (κ1) is 23.5. The van der Waals surface area contributed by atoms with Crippen molar-refractivity contribution >= 4 is 28.7 Å². The van der Waals surface area contributed by atoms with E-state index in [1.807, 2.05) is 42.8 Å². The second-order valence-electron chi connectivity index (χ2n) is 9.49. The van der Waals surface area contributed by atoms with Crippen LogP contribution >= 0.6 is 0 Å². The number of amides is 2. The average Bonchev–Trinajstić information content (AvgIpc) is 3.12. The Kier molecular flexibility index (Phi) is 7.02. The molecule has 0 saturated carbocycles. The second kappa shape index (κ2) is 9.55. The maximum absolute atomic E-state index is 13.0. The first-order valence-corrected chi connectivity index (χ1v) is 11.3. The van der Waals surface area contributed by atoms with Crippen molar-refractivity contribution in [1.82, 2.24) is 14.9 Å². The number of nitrogens with one attached hydrogen (secondary N) is 2. The summed E-state index contributed by atoms with van der Waals surface area (Å²) in [6, 6.07) is 11.1. The standard InChI is InChI=1S/C26H34N4O2/c1-7-8-9-18(3)27-25(32)21-16-30(26(4,5)6)23-20(21)14-15-22(28-23)29-24(31)19-12-10-17(2)11-13-19/h10-16,18H,7-9H2,1-6H3,(H,27,32)(H,28,29,31)/t18-/m1/s1. The first-order chi connectivity index (χ1) is 15.1. The fourth-order valence-corrected chi connectivity index (χ4v) is 3.64. The number of unbranched alkanes of at least 4 members (excludes halogenated alkanes) is 1. The highest BCUT2D eigenvalue weighted by atomic mass is 16.2. The van der Waals surface area contributed by atoms with Crippen molar-refractivity contribution in [3.63, 3.8) is 0 Å². The van der Waals surface area contributed by atoms with Gasteiger partial charge < -0.3 is 15.2 Å². The molecule has 2 heterocycles. The first-order valence-electron chi connectivity index (χ1n) is 11.3. The fraction of sp³-hybridized carbons (Fsp3) is 0.423. The SMILES string of the molecule is CCCC[C@@H](C)NC(=O)c1cn(C(C)(C)C)c2nc(NC(=O)c3ccc(C)cc3)ccc12. The van der Waals surface area contributed by atoms with E-state index in [1.54, 1.807) is 18.2 Å². The van der Waals surface area contributed by atoms with Gasteiger partial charge in [-0.1, -0.05) is 37.5 Å². The summed E-state index contributed by atoms with van der Waals surface area (Å²) in [7, 11) is 0. The van der Waals surface area contributed by atoms with Gasteiger partial charge in [-0.25, -0.2) is 4.98 Å². The molecule has 0 spiro atoms. The van der Waals surface area contributed by atoms with E-state index in [0.717, 1.165) is 30.2 Å². The van der Waals surface area contributed by atoms with Crippen LogP contribution in [0.1, 0.15) is 80.2 Å². The van der Waals surface area contributed by atoms with Gasteiger partial charge in [-0.2, -0.15) is 0 Å². The number of aryl methyl sites for hydroxylation is 1. The smallest absolute Gasteiger partial charge is 0.256 e. The van der Waals surface area contributed by atoms with Crippen LogP contribution in [0.5, 0.6) is 0 Å². The third-order valence-corrected chi connectivity index (χ3v) is 5.54. The summed E-state index contributed by atoms with van der Waals surface area (Å²) >= 11 is 0. The van der Waals surface area contributed by atoms with E-state index in [1.165, 1.54) is 0 Å². The van der Waals surface area contributed by atoms with E-state index in [2.05, 4.69) is 38.3 Å². The molecule has 32 heavy (non-hydrogen) atoms. The van der Waals surface area contributed by atoms with E-state index in [4.69, 9.17) is 4.98 Å². The number of rotatable bonds is 7. The number of pyridine rings is 1. The van der Waals surface area contributed by atoms with E-state index >= 15 is 0 Å². The molecule has 0 aliphatic rings. The number of fused-ring (bicyclic) bond motifs is 1. The Labute approximate surface area is 190 Å². The summed E-state index contributed by atoms with van der Waals surface area (Å²) in [4.78, 5) is 30.4. The zero-order valence-corrected chi connectivity index (χ0v) is 20.0. The molecular formula is C26H34N4O2. The molecule has 6 heteroatoms. The minimum absolute atomic E-state index is 0.0974. The van der Waals surface area contributed by atoms with Crippen LogP contribution in [0.4, 0.5) is 5.82 Å². The van der Waals surface area contributed by atoms with Crippen molar-refractivity contribution in [2.75, 3.05) is 5.32 Å². The predicted octanol–water partition coefficient (Wildman–Crippen LogP) is 5.66. The molecule has 170 valence electrons. The highest BCUT2D eigenvalue weighted by Gasteiger charge is 2.23.